The van der Waals surface area contributed by atoms with Gasteiger partial charge in [-0.3, -0.25) is 9.78 Å². The fourth-order valence-electron chi connectivity index (χ4n) is 2.83. The molecule has 2 aromatic carbocycles. The van der Waals surface area contributed by atoms with Crippen molar-refractivity contribution in [3.05, 3.63) is 101 Å². The van der Waals surface area contributed by atoms with E-state index in [0.29, 0.717) is 13.1 Å². The van der Waals surface area contributed by atoms with Gasteiger partial charge in [-0.05, 0) is 42.7 Å². The highest BCUT2D eigenvalue weighted by molar-refractivity contribution is 5.95. The van der Waals surface area contributed by atoms with Crippen LogP contribution in [0.5, 0.6) is 0 Å². The van der Waals surface area contributed by atoms with Crippen LogP contribution in [0.15, 0.2) is 79.0 Å². The third-order valence-corrected chi connectivity index (χ3v) is 4.25. The first-order valence-electron chi connectivity index (χ1n) is 8.53. The van der Waals surface area contributed by atoms with Crippen LogP contribution < -0.4 is 0 Å². The molecule has 3 nitrogen and oxygen atoms in total. The van der Waals surface area contributed by atoms with E-state index in [9.17, 15) is 4.79 Å². The highest BCUT2D eigenvalue weighted by atomic mass is 16.2. The van der Waals surface area contributed by atoms with E-state index in [-0.39, 0.29) is 5.91 Å². The number of aryl methyl sites for hydroxylation is 1. The molecule has 1 amide bonds. The lowest BCUT2D eigenvalue weighted by Gasteiger charge is -2.23. The molecular formula is C22H22N2O. The second kappa shape index (κ2) is 8.25. The van der Waals surface area contributed by atoms with Crippen molar-refractivity contribution in [2.45, 2.75) is 19.9 Å². The summed E-state index contributed by atoms with van der Waals surface area (Å²) in [6.45, 7) is 3.15. The second-order valence-corrected chi connectivity index (χ2v) is 6.10. The molecule has 0 fully saturated rings. The van der Waals surface area contributed by atoms with Crippen LogP contribution >= 0.6 is 0 Å². The lowest BCUT2D eigenvalue weighted by molar-refractivity contribution is 0.0742. The molecule has 0 N–H and O–H groups in total. The van der Waals surface area contributed by atoms with E-state index in [1.807, 2.05) is 72.5 Å². The van der Waals surface area contributed by atoms with Crippen LogP contribution in [0.25, 0.3) is 0 Å². The van der Waals surface area contributed by atoms with Gasteiger partial charge in [0.05, 0.1) is 12.2 Å². The molecule has 126 valence electrons. The lowest BCUT2D eigenvalue weighted by atomic mass is 10.1. The summed E-state index contributed by atoms with van der Waals surface area (Å²) in [6.07, 6.45) is 2.59. The molecule has 1 heterocycles. The molecule has 0 aliphatic heterocycles. The number of hydrogen-bond acceptors (Lipinski definition) is 2. The van der Waals surface area contributed by atoms with E-state index < -0.39 is 0 Å². The van der Waals surface area contributed by atoms with Gasteiger partial charge in [0, 0.05) is 18.3 Å². The SMILES string of the molecule is Cc1ccccc1C(=O)N(CCc1ccccc1)Cc1ccccn1. The Kier molecular flexibility index (Phi) is 5.57. The van der Waals surface area contributed by atoms with Crippen molar-refractivity contribution in [1.29, 1.82) is 0 Å². The maximum absolute atomic E-state index is 13.1. The number of carbonyl (C=O) groups excluding carboxylic acids is 1. The quantitative estimate of drug-likeness (QED) is 0.676. The molecule has 0 radical (unpaired) electrons. The summed E-state index contributed by atoms with van der Waals surface area (Å²) in [7, 11) is 0. The Bertz CT molecular complexity index is 816. The summed E-state index contributed by atoms with van der Waals surface area (Å²) < 4.78 is 0. The molecule has 0 saturated heterocycles. The summed E-state index contributed by atoms with van der Waals surface area (Å²) >= 11 is 0. The maximum atomic E-state index is 13.1. The standard InChI is InChI=1S/C22H22N2O/c1-18-9-5-6-13-21(18)22(25)24(17-20-12-7-8-15-23-20)16-14-19-10-3-2-4-11-19/h2-13,15H,14,16-17H2,1H3. The van der Waals surface area contributed by atoms with Gasteiger partial charge in [0.15, 0.2) is 0 Å². The molecule has 0 saturated carbocycles. The van der Waals surface area contributed by atoms with Crippen molar-refractivity contribution in [3.63, 3.8) is 0 Å². The summed E-state index contributed by atoms with van der Waals surface area (Å²) in [5, 5.41) is 0. The Labute approximate surface area is 149 Å². The minimum absolute atomic E-state index is 0.0553. The summed E-state index contributed by atoms with van der Waals surface area (Å²) in [6, 6.07) is 23.8. The van der Waals surface area contributed by atoms with E-state index >= 15 is 0 Å². The van der Waals surface area contributed by atoms with Crippen molar-refractivity contribution in [2.75, 3.05) is 6.54 Å². The van der Waals surface area contributed by atoms with E-state index in [1.54, 1.807) is 6.20 Å². The first-order valence-corrected chi connectivity index (χ1v) is 8.53. The van der Waals surface area contributed by atoms with Crippen molar-refractivity contribution < 1.29 is 4.79 Å². The lowest BCUT2D eigenvalue weighted by Crippen LogP contribution is -2.33. The van der Waals surface area contributed by atoms with Crippen molar-refractivity contribution in [1.82, 2.24) is 9.88 Å². The normalized spacial score (nSPS) is 10.4. The number of pyridine rings is 1. The topological polar surface area (TPSA) is 33.2 Å². The third kappa shape index (κ3) is 4.54. The number of rotatable bonds is 6. The van der Waals surface area contributed by atoms with Gasteiger partial charge in [-0.2, -0.15) is 0 Å². The fraction of sp³-hybridized carbons (Fsp3) is 0.182. The van der Waals surface area contributed by atoms with E-state index in [1.165, 1.54) is 5.56 Å². The molecule has 0 aliphatic carbocycles. The number of carbonyl (C=O) groups is 1. The van der Waals surface area contributed by atoms with E-state index in [4.69, 9.17) is 0 Å². The van der Waals surface area contributed by atoms with Gasteiger partial charge in [-0.25, -0.2) is 0 Å². The van der Waals surface area contributed by atoms with Gasteiger partial charge >= 0.3 is 0 Å². The van der Waals surface area contributed by atoms with Gasteiger partial charge < -0.3 is 4.90 Å². The zero-order valence-corrected chi connectivity index (χ0v) is 14.4. The van der Waals surface area contributed by atoms with Gasteiger partial charge in [-0.1, -0.05) is 54.6 Å². The smallest absolute Gasteiger partial charge is 0.254 e. The van der Waals surface area contributed by atoms with Crippen LogP contribution in [0.1, 0.15) is 27.2 Å². The number of aromatic nitrogens is 1. The summed E-state index contributed by atoms with van der Waals surface area (Å²) in [5.74, 6) is 0.0553. The zero-order chi connectivity index (χ0) is 17.5. The zero-order valence-electron chi connectivity index (χ0n) is 14.4. The molecule has 3 rings (SSSR count). The summed E-state index contributed by atoms with van der Waals surface area (Å²) in [4.78, 5) is 19.4. The Morgan fingerprint density at radius 2 is 1.64 bits per heavy atom. The second-order valence-electron chi connectivity index (χ2n) is 6.10. The van der Waals surface area contributed by atoms with E-state index in [0.717, 1.165) is 23.2 Å². The number of nitrogens with zero attached hydrogens (tertiary/aromatic N) is 2. The molecule has 0 aliphatic rings. The number of amides is 1. The minimum Gasteiger partial charge on any atom is -0.332 e. The van der Waals surface area contributed by atoms with Crippen LogP contribution in [-0.2, 0) is 13.0 Å². The van der Waals surface area contributed by atoms with Crippen LogP contribution in [0.2, 0.25) is 0 Å². The fourth-order valence-corrected chi connectivity index (χ4v) is 2.83. The molecule has 0 bridgehead atoms. The van der Waals surface area contributed by atoms with E-state index in [2.05, 4.69) is 17.1 Å². The molecular weight excluding hydrogens is 308 g/mol. The molecule has 0 atom stereocenters. The predicted octanol–water partition coefficient (Wildman–Crippen LogP) is 4.28. The van der Waals surface area contributed by atoms with Crippen molar-refractivity contribution in [2.24, 2.45) is 0 Å². The first-order chi connectivity index (χ1) is 12.2. The molecule has 0 unspecified atom stereocenters. The Morgan fingerprint density at radius 3 is 2.36 bits per heavy atom. The monoisotopic (exact) mass is 330 g/mol. The first kappa shape index (κ1) is 16.9. The van der Waals surface area contributed by atoms with Gasteiger partial charge in [0.1, 0.15) is 0 Å². The van der Waals surface area contributed by atoms with Crippen LogP contribution in [-0.4, -0.2) is 22.3 Å². The Hall–Kier alpha value is -2.94. The summed E-state index contributed by atoms with van der Waals surface area (Å²) in [5.41, 5.74) is 3.88. The molecule has 1 aromatic heterocycles. The Morgan fingerprint density at radius 1 is 0.920 bits per heavy atom. The molecule has 3 heteroatoms. The van der Waals surface area contributed by atoms with Gasteiger partial charge in [0.2, 0.25) is 0 Å². The van der Waals surface area contributed by atoms with Crippen LogP contribution in [0.4, 0.5) is 0 Å². The molecule has 0 spiro atoms. The molecule has 3 aromatic rings. The van der Waals surface area contributed by atoms with Crippen LogP contribution in [0, 0.1) is 6.92 Å². The van der Waals surface area contributed by atoms with Crippen molar-refractivity contribution in [3.8, 4) is 0 Å². The van der Waals surface area contributed by atoms with Crippen molar-refractivity contribution >= 4 is 5.91 Å². The Balaban J connectivity index is 1.80. The highest BCUT2D eigenvalue weighted by Crippen LogP contribution is 2.14. The average molecular weight is 330 g/mol. The minimum atomic E-state index is 0.0553. The predicted molar refractivity (Wildman–Crippen MR) is 100 cm³/mol. The van der Waals surface area contributed by atoms with Gasteiger partial charge in [0.25, 0.3) is 5.91 Å². The number of benzene rings is 2. The molecule has 25 heavy (non-hydrogen) atoms. The van der Waals surface area contributed by atoms with Gasteiger partial charge in [-0.15, -0.1) is 0 Å². The largest absolute Gasteiger partial charge is 0.332 e. The third-order valence-electron chi connectivity index (χ3n) is 4.25. The highest BCUT2D eigenvalue weighted by Gasteiger charge is 2.18. The number of hydrogen-bond donors (Lipinski definition) is 0. The average Bonchev–Trinajstić information content (AvgIpc) is 2.66. The van der Waals surface area contributed by atoms with Crippen LogP contribution in [0.3, 0.4) is 0 Å². The maximum Gasteiger partial charge on any atom is 0.254 e.